The molecule has 0 saturated carbocycles. The van der Waals surface area contributed by atoms with Crippen LogP contribution >= 0.6 is 11.3 Å². The monoisotopic (exact) mass is 338 g/mol. The predicted octanol–water partition coefficient (Wildman–Crippen LogP) is 0.610. The largest absolute Gasteiger partial charge is 0.383 e. The average molecular weight is 338 g/mol. The second kappa shape index (κ2) is 9.01. The molecule has 0 aliphatic carbocycles. The van der Waals surface area contributed by atoms with Gasteiger partial charge in [-0.15, -0.1) is 11.3 Å². The first-order chi connectivity index (χ1) is 11.2. The highest BCUT2D eigenvalue weighted by molar-refractivity contribution is 7.13. The first-order valence-corrected chi connectivity index (χ1v) is 7.96. The summed E-state index contributed by atoms with van der Waals surface area (Å²) in [5.41, 5.74) is 0. The number of aryl methyl sites for hydroxylation is 1. The van der Waals surface area contributed by atoms with Crippen LogP contribution in [0.2, 0.25) is 0 Å². The molecule has 0 fully saturated rings. The topological polar surface area (TPSA) is 106 Å². The number of carbonyl (C=O) groups excluding carboxylic acids is 2. The highest BCUT2D eigenvalue weighted by atomic mass is 32.1. The van der Waals surface area contributed by atoms with Gasteiger partial charge in [-0.3, -0.25) is 9.59 Å². The fraction of sp³-hybridized carbons (Fsp3) is 0.429. The quantitative estimate of drug-likeness (QED) is 0.649. The highest BCUT2D eigenvalue weighted by Gasteiger charge is 2.11. The molecule has 0 aliphatic rings. The van der Waals surface area contributed by atoms with E-state index in [2.05, 4.69) is 20.8 Å². The molecule has 2 N–H and O–H groups in total. The Bertz CT molecular complexity index is 627. The van der Waals surface area contributed by atoms with Crippen molar-refractivity contribution in [1.29, 1.82) is 0 Å². The highest BCUT2D eigenvalue weighted by Crippen LogP contribution is 2.21. The van der Waals surface area contributed by atoms with Crippen molar-refractivity contribution in [3.63, 3.8) is 0 Å². The lowest BCUT2D eigenvalue weighted by molar-refractivity contribution is -0.126. The first kappa shape index (κ1) is 17.1. The molecule has 0 aromatic carbocycles. The summed E-state index contributed by atoms with van der Waals surface area (Å²) in [4.78, 5) is 28.2. The number of methoxy groups -OCH3 is 1. The summed E-state index contributed by atoms with van der Waals surface area (Å²) in [6, 6.07) is 3.80. The van der Waals surface area contributed by atoms with Gasteiger partial charge in [-0.2, -0.15) is 4.98 Å². The Hall–Kier alpha value is -2.26. The van der Waals surface area contributed by atoms with Gasteiger partial charge >= 0.3 is 0 Å². The minimum absolute atomic E-state index is 0.0627. The van der Waals surface area contributed by atoms with Crippen LogP contribution in [-0.4, -0.2) is 48.8 Å². The van der Waals surface area contributed by atoms with Crippen LogP contribution in [0.4, 0.5) is 0 Å². The number of nitrogens with one attached hydrogen (secondary N) is 2. The molecule has 0 radical (unpaired) electrons. The Labute approximate surface area is 137 Å². The summed E-state index contributed by atoms with van der Waals surface area (Å²) < 4.78 is 9.91. The Kier molecular flexibility index (Phi) is 6.70. The van der Waals surface area contributed by atoms with E-state index in [0.717, 1.165) is 4.88 Å². The molecule has 0 saturated heterocycles. The van der Waals surface area contributed by atoms with Crippen LogP contribution in [0, 0.1) is 0 Å². The van der Waals surface area contributed by atoms with Crippen LogP contribution < -0.4 is 10.6 Å². The van der Waals surface area contributed by atoms with Crippen molar-refractivity contribution in [2.75, 3.05) is 26.8 Å². The zero-order chi connectivity index (χ0) is 16.5. The summed E-state index contributed by atoms with van der Waals surface area (Å²) >= 11 is 1.52. The zero-order valence-corrected chi connectivity index (χ0v) is 13.5. The summed E-state index contributed by atoms with van der Waals surface area (Å²) in [5.74, 6) is 0.414. The fourth-order valence-electron chi connectivity index (χ4n) is 1.71. The zero-order valence-electron chi connectivity index (χ0n) is 12.7. The molecule has 2 amide bonds. The summed E-state index contributed by atoms with van der Waals surface area (Å²) in [5, 5.41) is 10.9. The Morgan fingerprint density at radius 1 is 1.35 bits per heavy atom. The second-order valence-electron chi connectivity index (χ2n) is 4.61. The number of aromatic nitrogens is 2. The third kappa shape index (κ3) is 5.80. The minimum atomic E-state index is -0.256. The number of thiophene rings is 1. The van der Waals surface area contributed by atoms with Gasteiger partial charge in [0.1, 0.15) is 0 Å². The Morgan fingerprint density at radius 3 is 2.96 bits per heavy atom. The molecule has 2 heterocycles. The number of hydrogen-bond donors (Lipinski definition) is 2. The standard InChI is InChI=1S/C14H18N4O4S/c1-21-7-6-15-12(20)9-16-11(19)4-5-13-17-14(18-22-13)10-3-2-8-23-10/h2-3,8H,4-7,9H2,1H3,(H,15,20)(H,16,19). The van der Waals surface area contributed by atoms with Crippen LogP contribution in [0.1, 0.15) is 12.3 Å². The lowest BCUT2D eigenvalue weighted by Gasteiger charge is -2.05. The van der Waals surface area contributed by atoms with Crippen LogP contribution in [0.5, 0.6) is 0 Å². The van der Waals surface area contributed by atoms with Gasteiger partial charge < -0.3 is 19.9 Å². The van der Waals surface area contributed by atoms with Crippen molar-refractivity contribution in [2.45, 2.75) is 12.8 Å². The SMILES string of the molecule is COCCNC(=O)CNC(=O)CCc1nc(-c2cccs2)no1. The predicted molar refractivity (Wildman–Crippen MR) is 83.8 cm³/mol. The number of carbonyl (C=O) groups is 2. The van der Waals surface area contributed by atoms with Crippen LogP contribution in [-0.2, 0) is 20.7 Å². The number of nitrogens with zero attached hydrogens (tertiary/aromatic N) is 2. The number of rotatable bonds is 9. The number of hydrogen-bond acceptors (Lipinski definition) is 7. The van der Waals surface area contributed by atoms with E-state index in [1.54, 1.807) is 7.11 Å². The molecule has 0 atom stereocenters. The van der Waals surface area contributed by atoms with E-state index >= 15 is 0 Å². The molecule has 0 unspecified atom stereocenters. The maximum atomic E-state index is 11.7. The van der Waals surface area contributed by atoms with Gasteiger partial charge in [-0.05, 0) is 11.4 Å². The van der Waals surface area contributed by atoms with Crippen LogP contribution in [0.3, 0.4) is 0 Å². The van der Waals surface area contributed by atoms with Crippen molar-refractivity contribution in [3.05, 3.63) is 23.4 Å². The van der Waals surface area contributed by atoms with Gasteiger partial charge in [0.05, 0.1) is 18.0 Å². The summed E-state index contributed by atoms with van der Waals surface area (Å²) in [7, 11) is 1.55. The normalized spacial score (nSPS) is 10.5. The van der Waals surface area contributed by atoms with Gasteiger partial charge in [0.2, 0.25) is 23.5 Å². The van der Waals surface area contributed by atoms with Crippen molar-refractivity contribution in [1.82, 2.24) is 20.8 Å². The smallest absolute Gasteiger partial charge is 0.239 e. The van der Waals surface area contributed by atoms with E-state index in [0.29, 0.717) is 31.3 Å². The van der Waals surface area contributed by atoms with Crippen molar-refractivity contribution in [2.24, 2.45) is 0 Å². The van der Waals surface area contributed by atoms with Gasteiger partial charge in [0.25, 0.3) is 0 Å². The van der Waals surface area contributed by atoms with E-state index in [9.17, 15) is 9.59 Å². The molecule has 2 aromatic rings. The maximum Gasteiger partial charge on any atom is 0.239 e. The number of ether oxygens (including phenoxy) is 1. The van der Waals surface area contributed by atoms with E-state index < -0.39 is 0 Å². The molecule has 0 bridgehead atoms. The minimum Gasteiger partial charge on any atom is -0.383 e. The molecule has 124 valence electrons. The molecular weight excluding hydrogens is 320 g/mol. The van der Waals surface area contributed by atoms with E-state index in [1.165, 1.54) is 11.3 Å². The maximum absolute atomic E-state index is 11.7. The van der Waals surface area contributed by atoms with E-state index in [1.807, 2.05) is 17.5 Å². The third-order valence-electron chi connectivity index (χ3n) is 2.85. The second-order valence-corrected chi connectivity index (χ2v) is 5.56. The lowest BCUT2D eigenvalue weighted by atomic mass is 10.3. The average Bonchev–Trinajstić information content (AvgIpc) is 3.22. The van der Waals surface area contributed by atoms with Gasteiger partial charge in [0.15, 0.2) is 0 Å². The van der Waals surface area contributed by atoms with Crippen molar-refractivity contribution >= 4 is 23.2 Å². The molecule has 2 aromatic heterocycles. The molecular formula is C14H18N4O4S. The molecule has 23 heavy (non-hydrogen) atoms. The molecule has 9 heteroatoms. The van der Waals surface area contributed by atoms with Crippen molar-refractivity contribution in [3.8, 4) is 10.7 Å². The summed E-state index contributed by atoms with van der Waals surface area (Å²) in [6.45, 7) is 0.787. The Morgan fingerprint density at radius 2 is 2.22 bits per heavy atom. The molecule has 0 aliphatic heterocycles. The fourth-order valence-corrected chi connectivity index (χ4v) is 2.35. The van der Waals surface area contributed by atoms with Gasteiger partial charge in [0, 0.05) is 26.5 Å². The third-order valence-corrected chi connectivity index (χ3v) is 3.72. The van der Waals surface area contributed by atoms with Gasteiger partial charge in [-0.1, -0.05) is 11.2 Å². The lowest BCUT2D eigenvalue weighted by Crippen LogP contribution is -2.38. The molecule has 0 spiro atoms. The Balaban J connectivity index is 1.67. The van der Waals surface area contributed by atoms with Crippen LogP contribution in [0.25, 0.3) is 10.7 Å². The first-order valence-electron chi connectivity index (χ1n) is 7.08. The van der Waals surface area contributed by atoms with E-state index in [-0.39, 0.29) is 24.8 Å². The molecule has 2 rings (SSSR count). The molecule has 8 nitrogen and oxygen atoms in total. The van der Waals surface area contributed by atoms with Crippen LogP contribution in [0.15, 0.2) is 22.0 Å². The van der Waals surface area contributed by atoms with Gasteiger partial charge in [-0.25, -0.2) is 0 Å². The van der Waals surface area contributed by atoms with Crippen molar-refractivity contribution < 1.29 is 18.8 Å². The summed E-state index contributed by atoms with van der Waals surface area (Å²) in [6.07, 6.45) is 0.507. The number of amides is 2. The van der Waals surface area contributed by atoms with E-state index in [4.69, 9.17) is 9.26 Å².